The molecule has 0 radical (unpaired) electrons. The molecule has 1 aliphatic carbocycles. The molecule has 0 unspecified atom stereocenters. The third-order valence-electron chi connectivity index (χ3n) is 4.54. The molecule has 23 heavy (non-hydrogen) atoms. The van der Waals surface area contributed by atoms with Crippen molar-refractivity contribution in [3.05, 3.63) is 35.4 Å². The van der Waals surface area contributed by atoms with Crippen molar-refractivity contribution in [2.75, 3.05) is 18.1 Å². The van der Waals surface area contributed by atoms with E-state index in [1.54, 1.807) is 0 Å². The van der Waals surface area contributed by atoms with E-state index in [1.807, 2.05) is 0 Å². The van der Waals surface area contributed by atoms with Crippen molar-refractivity contribution in [1.29, 1.82) is 0 Å². The predicted octanol–water partition coefficient (Wildman–Crippen LogP) is 2.53. The molecule has 5 heteroatoms. The minimum Gasteiger partial charge on any atom is -0.369 e. The van der Waals surface area contributed by atoms with Gasteiger partial charge in [-0.2, -0.15) is 0 Å². The van der Waals surface area contributed by atoms with Crippen molar-refractivity contribution in [1.82, 2.24) is 5.32 Å². The van der Waals surface area contributed by atoms with E-state index in [0.717, 1.165) is 12.8 Å². The van der Waals surface area contributed by atoms with E-state index in [4.69, 9.17) is 5.73 Å². The Labute approximate surface area is 142 Å². The fraction of sp³-hybridized carbons (Fsp3) is 0.556. The van der Waals surface area contributed by atoms with Crippen LogP contribution in [0.15, 0.2) is 24.3 Å². The van der Waals surface area contributed by atoms with Crippen molar-refractivity contribution >= 4 is 23.6 Å². The van der Waals surface area contributed by atoms with Crippen molar-refractivity contribution in [3.63, 3.8) is 0 Å². The number of hydrogen-bond donors (Lipinski definition) is 2. The number of thioether (sulfide) groups is 1. The van der Waals surface area contributed by atoms with E-state index < -0.39 is 0 Å². The summed E-state index contributed by atoms with van der Waals surface area (Å²) in [5, 5.41) is 3.07. The first kappa shape index (κ1) is 17.9. The van der Waals surface area contributed by atoms with Crippen LogP contribution in [-0.2, 0) is 15.0 Å². The molecule has 0 atom stereocenters. The lowest BCUT2D eigenvalue weighted by Gasteiger charge is -2.38. The highest BCUT2D eigenvalue weighted by Crippen LogP contribution is 2.39. The topological polar surface area (TPSA) is 72.2 Å². The normalized spacial score (nSPS) is 16.7. The zero-order valence-corrected chi connectivity index (χ0v) is 14.6. The molecule has 0 saturated heterocycles. The molecule has 4 nitrogen and oxygen atoms in total. The van der Waals surface area contributed by atoms with Gasteiger partial charge < -0.3 is 11.1 Å². The largest absolute Gasteiger partial charge is 0.369 e. The van der Waals surface area contributed by atoms with Crippen LogP contribution in [0, 0.1) is 6.92 Å². The molecule has 126 valence electrons. The molecule has 0 aliphatic heterocycles. The predicted molar refractivity (Wildman–Crippen MR) is 95.5 cm³/mol. The van der Waals surface area contributed by atoms with Gasteiger partial charge in [0.15, 0.2) is 0 Å². The molecule has 1 aliphatic rings. The van der Waals surface area contributed by atoms with Crippen LogP contribution >= 0.6 is 11.8 Å². The summed E-state index contributed by atoms with van der Waals surface area (Å²) in [4.78, 5) is 22.7. The number of aryl methyl sites for hydroxylation is 1. The number of carbonyl (C=O) groups excluding carboxylic acids is 2. The number of nitrogens with two attached hydrogens (primary N) is 1. The van der Waals surface area contributed by atoms with Gasteiger partial charge in [-0.15, -0.1) is 11.8 Å². The van der Waals surface area contributed by atoms with Crippen molar-refractivity contribution in [2.45, 2.75) is 44.4 Å². The second kappa shape index (κ2) is 8.39. The zero-order valence-electron chi connectivity index (χ0n) is 13.8. The Hall–Kier alpha value is -1.49. The highest BCUT2D eigenvalue weighted by Gasteiger charge is 2.34. The van der Waals surface area contributed by atoms with Gasteiger partial charge in [-0.3, -0.25) is 9.59 Å². The summed E-state index contributed by atoms with van der Waals surface area (Å²) in [7, 11) is 0. The third-order valence-corrected chi connectivity index (χ3v) is 5.50. The third kappa shape index (κ3) is 5.27. The smallest absolute Gasteiger partial charge is 0.230 e. The Bertz CT molecular complexity index is 554. The van der Waals surface area contributed by atoms with Crippen LogP contribution in [0.4, 0.5) is 0 Å². The van der Waals surface area contributed by atoms with Crippen molar-refractivity contribution < 1.29 is 9.59 Å². The average molecular weight is 334 g/mol. The van der Waals surface area contributed by atoms with Crippen molar-refractivity contribution in [2.24, 2.45) is 5.73 Å². The molecule has 0 aromatic heterocycles. The van der Waals surface area contributed by atoms with E-state index in [1.165, 1.54) is 42.2 Å². The summed E-state index contributed by atoms with van der Waals surface area (Å²) in [6.45, 7) is 2.78. The Morgan fingerprint density at radius 3 is 2.61 bits per heavy atom. The van der Waals surface area contributed by atoms with Gasteiger partial charge in [-0.05, 0) is 25.3 Å². The summed E-state index contributed by atoms with van der Waals surface area (Å²) in [5.74, 6) is 0.0728. The number of carbonyl (C=O) groups is 2. The molecule has 0 heterocycles. The second-order valence-electron chi connectivity index (χ2n) is 6.45. The first-order chi connectivity index (χ1) is 11.0. The molecule has 2 amide bonds. The monoisotopic (exact) mass is 334 g/mol. The molecule has 0 bridgehead atoms. The van der Waals surface area contributed by atoms with E-state index in [-0.39, 0.29) is 28.7 Å². The quantitative estimate of drug-likeness (QED) is 0.805. The first-order valence-corrected chi connectivity index (χ1v) is 9.37. The van der Waals surface area contributed by atoms with E-state index in [9.17, 15) is 9.59 Å². The molecule has 1 aromatic carbocycles. The number of primary amides is 1. The van der Waals surface area contributed by atoms with Crippen LogP contribution in [0.1, 0.15) is 43.2 Å². The summed E-state index contributed by atoms with van der Waals surface area (Å²) in [5.41, 5.74) is 7.73. The van der Waals surface area contributed by atoms with Crippen LogP contribution in [0.25, 0.3) is 0 Å². The molecule has 2 rings (SSSR count). The molecule has 0 spiro atoms. The maximum Gasteiger partial charge on any atom is 0.230 e. The Morgan fingerprint density at radius 1 is 1.22 bits per heavy atom. The van der Waals surface area contributed by atoms with Gasteiger partial charge in [0.1, 0.15) is 0 Å². The van der Waals surface area contributed by atoms with E-state index in [2.05, 4.69) is 36.5 Å². The summed E-state index contributed by atoms with van der Waals surface area (Å²) in [6, 6.07) is 8.65. The minimum atomic E-state index is -0.383. The Balaban J connectivity index is 1.99. The van der Waals surface area contributed by atoms with Crippen LogP contribution in [0.5, 0.6) is 0 Å². The first-order valence-electron chi connectivity index (χ1n) is 8.22. The summed E-state index contributed by atoms with van der Waals surface area (Å²) < 4.78 is 0. The number of amides is 2. The van der Waals surface area contributed by atoms with Gasteiger partial charge in [-0.1, -0.05) is 49.1 Å². The average Bonchev–Trinajstić information content (AvgIpc) is 2.53. The van der Waals surface area contributed by atoms with Gasteiger partial charge in [-0.25, -0.2) is 0 Å². The lowest BCUT2D eigenvalue weighted by atomic mass is 9.69. The number of hydrogen-bond acceptors (Lipinski definition) is 3. The number of benzene rings is 1. The van der Waals surface area contributed by atoms with Crippen LogP contribution in [0.3, 0.4) is 0 Å². The molecule has 1 saturated carbocycles. The molecular weight excluding hydrogens is 308 g/mol. The highest BCUT2D eigenvalue weighted by atomic mass is 32.2. The maximum absolute atomic E-state index is 12.0. The lowest BCUT2D eigenvalue weighted by Crippen LogP contribution is -2.42. The zero-order chi connectivity index (χ0) is 16.7. The number of rotatable bonds is 7. The number of nitrogens with one attached hydrogen (secondary N) is 1. The molecule has 1 aromatic rings. The van der Waals surface area contributed by atoms with Gasteiger partial charge in [0.05, 0.1) is 11.5 Å². The molecular formula is C18H26N2O2S. The molecule has 1 fully saturated rings. The fourth-order valence-electron chi connectivity index (χ4n) is 3.33. The highest BCUT2D eigenvalue weighted by molar-refractivity contribution is 8.00. The van der Waals surface area contributed by atoms with E-state index >= 15 is 0 Å². The van der Waals surface area contributed by atoms with Gasteiger partial charge in [0.25, 0.3) is 0 Å². The van der Waals surface area contributed by atoms with Gasteiger partial charge >= 0.3 is 0 Å². The van der Waals surface area contributed by atoms with Gasteiger partial charge in [0, 0.05) is 12.0 Å². The standard InChI is InChI=1S/C18H26N2O2S/c1-14-6-5-7-15(10-14)18(8-3-2-4-9-18)13-20-17(22)12-23-11-16(19)21/h5-7,10H,2-4,8-9,11-13H2,1H3,(H2,19,21)(H,20,22). The van der Waals surface area contributed by atoms with Crippen molar-refractivity contribution in [3.8, 4) is 0 Å². The summed E-state index contributed by atoms with van der Waals surface area (Å²) >= 11 is 1.27. The molecule has 3 N–H and O–H groups in total. The Morgan fingerprint density at radius 2 is 1.96 bits per heavy atom. The SMILES string of the molecule is Cc1cccc(C2(CNC(=O)CSCC(N)=O)CCCCC2)c1. The van der Waals surface area contributed by atoms with Crippen LogP contribution in [-0.4, -0.2) is 29.9 Å². The summed E-state index contributed by atoms with van der Waals surface area (Å²) in [6.07, 6.45) is 5.92. The minimum absolute atomic E-state index is 0.0196. The second-order valence-corrected chi connectivity index (χ2v) is 7.43. The lowest BCUT2D eigenvalue weighted by molar-refractivity contribution is -0.118. The van der Waals surface area contributed by atoms with E-state index in [0.29, 0.717) is 6.54 Å². The Kier molecular flexibility index (Phi) is 6.51. The van der Waals surface area contributed by atoms with Crippen LogP contribution in [0.2, 0.25) is 0 Å². The van der Waals surface area contributed by atoms with Crippen LogP contribution < -0.4 is 11.1 Å². The van der Waals surface area contributed by atoms with Gasteiger partial charge in [0.2, 0.25) is 11.8 Å². The maximum atomic E-state index is 12.0. The fourth-order valence-corrected chi connectivity index (χ4v) is 3.92.